The fourth-order valence-corrected chi connectivity index (χ4v) is 5.09. The number of halogens is 1. The van der Waals surface area contributed by atoms with Gasteiger partial charge in [0.25, 0.3) is 0 Å². The molecule has 6 nitrogen and oxygen atoms in total. The zero-order valence-electron chi connectivity index (χ0n) is 17.0. The maximum Gasteiger partial charge on any atom is 0.191 e. The van der Waals surface area contributed by atoms with Crippen LogP contribution in [-0.2, 0) is 0 Å². The fraction of sp³-hybridized carbons (Fsp3) is 0.435. The number of ether oxygens (including phenoxy) is 2. The van der Waals surface area contributed by atoms with Crippen LogP contribution in [0, 0.1) is 45.3 Å². The Morgan fingerprint density at radius 2 is 2.00 bits per heavy atom. The largest absolute Gasteiger partial charge is 0.493 e. The fourth-order valence-electron chi connectivity index (χ4n) is 4.51. The van der Waals surface area contributed by atoms with Crippen LogP contribution in [0.2, 0.25) is 0 Å². The molecule has 0 radical (unpaired) electrons. The molecule has 0 aromatic heterocycles. The van der Waals surface area contributed by atoms with Crippen LogP contribution in [0.25, 0.3) is 0 Å². The Labute approximate surface area is 185 Å². The van der Waals surface area contributed by atoms with E-state index < -0.39 is 11.3 Å². The molecule has 154 valence electrons. The summed E-state index contributed by atoms with van der Waals surface area (Å²) in [6.07, 6.45) is 5.41. The third kappa shape index (κ3) is 3.32. The smallest absolute Gasteiger partial charge is 0.191 e. The Morgan fingerprint density at radius 1 is 1.27 bits per heavy atom. The van der Waals surface area contributed by atoms with Crippen LogP contribution in [0.4, 0.5) is 0 Å². The number of hydrogen-bond donors (Lipinski definition) is 1. The number of nitrogens with two attached hydrogens (primary N) is 1. The van der Waals surface area contributed by atoms with Gasteiger partial charge in [0, 0.05) is 5.92 Å². The average Bonchev–Trinajstić information content (AvgIpc) is 2.77. The predicted molar refractivity (Wildman–Crippen MR) is 115 cm³/mol. The third-order valence-electron chi connectivity index (χ3n) is 5.86. The summed E-state index contributed by atoms with van der Waals surface area (Å²) in [5.41, 5.74) is 6.59. The molecule has 0 heterocycles. The Hall–Kier alpha value is -2.95. The molecule has 2 aliphatic carbocycles. The second-order valence-corrected chi connectivity index (χ2v) is 8.34. The normalized spacial score (nSPS) is 22.1. The molecular formula is C23H23BrN4O2. The highest BCUT2D eigenvalue weighted by Gasteiger charge is 2.54. The molecule has 1 aromatic rings. The van der Waals surface area contributed by atoms with Gasteiger partial charge in [0.05, 0.1) is 41.6 Å². The molecule has 0 aliphatic heterocycles. The quantitative estimate of drug-likeness (QED) is 0.663. The summed E-state index contributed by atoms with van der Waals surface area (Å²) in [4.78, 5) is 0. The van der Waals surface area contributed by atoms with Crippen molar-refractivity contribution in [3.8, 4) is 29.7 Å². The monoisotopic (exact) mass is 466 g/mol. The van der Waals surface area contributed by atoms with Gasteiger partial charge in [0.2, 0.25) is 0 Å². The Bertz CT molecular complexity index is 1020. The first-order valence-electron chi connectivity index (χ1n) is 9.92. The van der Waals surface area contributed by atoms with E-state index in [4.69, 9.17) is 15.2 Å². The van der Waals surface area contributed by atoms with Gasteiger partial charge >= 0.3 is 0 Å². The molecule has 2 atom stereocenters. The first kappa shape index (κ1) is 21.8. The molecule has 2 N–H and O–H groups in total. The predicted octanol–water partition coefficient (Wildman–Crippen LogP) is 4.84. The van der Waals surface area contributed by atoms with Crippen LogP contribution in [0.5, 0.6) is 11.5 Å². The van der Waals surface area contributed by atoms with Crippen LogP contribution >= 0.6 is 15.9 Å². The highest BCUT2D eigenvalue weighted by atomic mass is 79.9. The van der Waals surface area contributed by atoms with E-state index in [1.165, 1.54) is 0 Å². The number of fused-ring (bicyclic) bond motifs is 1. The Kier molecular flexibility index (Phi) is 6.40. The van der Waals surface area contributed by atoms with E-state index in [-0.39, 0.29) is 17.2 Å². The number of hydrogen-bond acceptors (Lipinski definition) is 6. The van der Waals surface area contributed by atoms with Gasteiger partial charge in [0.1, 0.15) is 6.07 Å². The highest BCUT2D eigenvalue weighted by Crippen LogP contribution is 2.57. The number of nitriles is 3. The average molecular weight is 467 g/mol. The Balaban J connectivity index is 2.27. The molecular weight excluding hydrogens is 444 g/mol. The minimum atomic E-state index is -1.64. The zero-order valence-corrected chi connectivity index (χ0v) is 18.6. The number of methoxy groups -OCH3 is 1. The summed E-state index contributed by atoms with van der Waals surface area (Å²) in [5, 5.41) is 30.0. The molecule has 7 heteroatoms. The lowest BCUT2D eigenvalue weighted by atomic mass is 9.57. The van der Waals surface area contributed by atoms with Gasteiger partial charge in [0.15, 0.2) is 16.9 Å². The summed E-state index contributed by atoms with van der Waals surface area (Å²) >= 11 is 3.56. The van der Waals surface area contributed by atoms with E-state index in [0.29, 0.717) is 22.6 Å². The van der Waals surface area contributed by atoms with Crippen LogP contribution in [0.3, 0.4) is 0 Å². The lowest BCUT2D eigenvalue weighted by Crippen LogP contribution is -2.42. The van der Waals surface area contributed by atoms with Crippen molar-refractivity contribution in [2.45, 2.75) is 38.5 Å². The Morgan fingerprint density at radius 3 is 2.60 bits per heavy atom. The molecule has 2 aliphatic rings. The third-order valence-corrected chi connectivity index (χ3v) is 6.45. The van der Waals surface area contributed by atoms with E-state index in [0.717, 1.165) is 36.8 Å². The number of rotatable bonds is 5. The second kappa shape index (κ2) is 8.82. The number of benzene rings is 1. The van der Waals surface area contributed by atoms with Crippen molar-refractivity contribution in [1.29, 1.82) is 15.8 Å². The zero-order chi connectivity index (χ0) is 21.9. The van der Waals surface area contributed by atoms with Crippen molar-refractivity contribution < 1.29 is 9.47 Å². The lowest BCUT2D eigenvalue weighted by molar-refractivity contribution is 0.289. The molecule has 0 saturated carbocycles. The van der Waals surface area contributed by atoms with Gasteiger partial charge in [-0.1, -0.05) is 13.0 Å². The van der Waals surface area contributed by atoms with Crippen LogP contribution in [0.15, 0.2) is 39.5 Å². The van der Waals surface area contributed by atoms with Gasteiger partial charge in [-0.3, -0.25) is 0 Å². The summed E-state index contributed by atoms with van der Waals surface area (Å²) < 4.78 is 12.1. The minimum Gasteiger partial charge on any atom is -0.493 e. The summed E-state index contributed by atoms with van der Waals surface area (Å²) in [7, 11) is 1.56. The van der Waals surface area contributed by atoms with Crippen LogP contribution < -0.4 is 15.2 Å². The van der Waals surface area contributed by atoms with Crippen molar-refractivity contribution >= 4 is 15.9 Å². The molecule has 3 rings (SSSR count). The summed E-state index contributed by atoms with van der Waals surface area (Å²) in [6.45, 7) is 2.55. The van der Waals surface area contributed by atoms with Crippen molar-refractivity contribution in [2.24, 2.45) is 17.1 Å². The molecule has 0 bridgehead atoms. The summed E-state index contributed by atoms with van der Waals surface area (Å²) in [6, 6.07) is 10.2. The van der Waals surface area contributed by atoms with Gasteiger partial charge < -0.3 is 15.2 Å². The van der Waals surface area contributed by atoms with E-state index in [1.54, 1.807) is 7.11 Å². The van der Waals surface area contributed by atoms with Gasteiger partial charge in [-0.25, -0.2) is 0 Å². The molecule has 2 unspecified atom stereocenters. The van der Waals surface area contributed by atoms with Crippen molar-refractivity contribution in [1.82, 2.24) is 0 Å². The van der Waals surface area contributed by atoms with E-state index in [9.17, 15) is 15.8 Å². The topological polar surface area (TPSA) is 116 Å². The first-order valence-corrected chi connectivity index (χ1v) is 10.7. The number of allylic oxidation sites excluding steroid dienone is 4. The van der Waals surface area contributed by atoms with Gasteiger partial charge in [-0.05, 0) is 70.8 Å². The molecule has 0 fully saturated rings. The lowest BCUT2D eigenvalue weighted by Gasteiger charge is -2.43. The van der Waals surface area contributed by atoms with Gasteiger partial charge in [-0.2, -0.15) is 15.8 Å². The van der Waals surface area contributed by atoms with E-state index >= 15 is 0 Å². The maximum atomic E-state index is 10.1. The molecule has 1 aromatic carbocycles. The first-order chi connectivity index (χ1) is 14.5. The van der Waals surface area contributed by atoms with Crippen molar-refractivity contribution in [3.63, 3.8) is 0 Å². The SMILES string of the molecule is CCCOc1c(Br)cc(C2C3CCCC=C3C(C#N)=C(N)C2(C#N)C#N)cc1OC. The van der Waals surface area contributed by atoms with E-state index in [2.05, 4.69) is 34.1 Å². The maximum absolute atomic E-state index is 10.1. The molecule has 0 saturated heterocycles. The van der Waals surface area contributed by atoms with Crippen LogP contribution in [0.1, 0.15) is 44.1 Å². The molecule has 30 heavy (non-hydrogen) atoms. The molecule has 0 spiro atoms. The van der Waals surface area contributed by atoms with Crippen molar-refractivity contribution in [2.75, 3.05) is 13.7 Å². The number of nitrogens with zero attached hydrogens (tertiary/aromatic N) is 3. The van der Waals surface area contributed by atoms with E-state index in [1.807, 2.05) is 25.1 Å². The van der Waals surface area contributed by atoms with Crippen LogP contribution in [-0.4, -0.2) is 13.7 Å². The molecule has 0 amide bonds. The summed E-state index contributed by atoms with van der Waals surface area (Å²) in [5.74, 6) is 0.423. The highest BCUT2D eigenvalue weighted by molar-refractivity contribution is 9.10. The minimum absolute atomic E-state index is 0.0331. The van der Waals surface area contributed by atoms with Crippen molar-refractivity contribution in [3.05, 3.63) is 45.1 Å². The standard InChI is InChI=1S/C23H23BrN4O2/c1-3-8-30-21-18(24)9-14(10-19(21)29-2)20-16-7-5-4-6-15(16)17(11-25)22(28)23(20,12-26)13-27/h6,9-10,16,20H,3-5,7-8,28H2,1-2H3. The van der Waals surface area contributed by atoms with Gasteiger partial charge in [-0.15, -0.1) is 0 Å². The second-order valence-electron chi connectivity index (χ2n) is 7.49.